The van der Waals surface area contributed by atoms with Crippen molar-refractivity contribution < 1.29 is 14.3 Å². The first-order valence-corrected chi connectivity index (χ1v) is 7.82. The lowest BCUT2D eigenvalue weighted by atomic mass is 10.3. The number of aryl methyl sites for hydroxylation is 2. The van der Waals surface area contributed by atoms with Gasteiger partial charge in [0.25, 0.3) is 0 Å². The number of anilines is 1. The van der Waals surface area contributed by atoms with Crippen molar-refractivity contribution in [3.8, 4) is 5.75 Å². The van der Waals surface area contributed by atoms with E-state index in [0.29, 0.717) is 23.6 Å². The first kappa shape index (κ1) is 14.8. The second-order valence-corrected chi connectivity index (χ2v) is 5.95. The van der Waals surface area contributed by atoms with E-state index in [0.717, 1.165) is 17.1 Å². The van der Waals surface area contributed by atoms with Gasteiger partial charge < -0.3 is 19.6 Å². The van der Waals surface area contributed by atoms with Crippen LogP contribution in [0.15, 0.2) is 28.8 Å². The van der Waals surface area contributed by atoms with Crippen LogP contribution in [0.2, 0.25) is 0 Å². The lowest BCUT2D eigenvalue weighted by molar-refractivity contribution is -0.000226. The van der Waals surface area contributed by atoms with Crippen molar-refractivity contribution in [3.63, 3.8) is 0 Å². The second kappa shape index (κ2) is 6.33. The lowest BCUT2D eigenvalue weighted by Gasteiger charge is -2.07. The van der Waals surface area contributed by atoms with Gasteiger partial charge in [-0.25, -0.2) is 9.97 Å². The average Bonchev–Trinajstić information content (AvgIpc) is 3.10. The van der Waals surface area contributed by atoms with E-state index in [-0.39, 0.29) is 0 Å². The first-order valence-electron chi connectivity index (χ1n) is 7.00. The fraction of sp³-hybridized carbons (Fsp3) is 0.333. The van der Waals surface area contributed by atoms with Crippen LogP contribution in [0, 0.1) is 0 Å². The van der Waals surface area contributed by atoms with Crippen LogP contribution >= 0.6 is 11.3 Å². The number of ether oxygens (including phenoxy) is 1. The summed E-state index contributed by atoms with van der Waals surface area (Å²) in [4.78, 5) is 9.89. The van der Waals surface area contributed by atoms with E-state index in [9.17, 15) is 5.11 Å². The van der Waals surface area contributed by atoms with Crippen LogP contribution < -0.4 is 10.1 Å². The molecule has 0 radical (unpaired) electrons. The second-order valence-electron chi connectivity index (χ2n) is 4.84. The van der Waals surface area contributed by atoms with Gasteiger partial charge in [-0.1, -0.05) is 0 Å². The highest BCUT2D eigenvalue weighted by atomic mass is 32.1. The summed E-state index contributed by atoms with van der Waals surface area (Å²) in [5.74, 6) is 1.25. The minimum absolute atomic E-state index is 0.561. The van der Waals surface area contributed by atoms with Gasteiger partial charge in [0.05, 0.1) is 0 Å². The molecule has 7 heteroatoms. The van der Waals surface area contributed by atoms with Gasteiger partial charge in [-0.2, -0.15) is 0 Å². The molecule has 2 heterocycles. The number of oxazole rings is 1. The Hall–Kier alpha value is -2.12. The maximum atomic E-state index is 9.24. The number of aromatic nitrogens is 2. The van der Waals surface area contributed by atoms with Gasteiger partial charge in [-0.3, -0.25) is 0 Å². The Morgan fingerprint density at radius 1 is 1.41 bits per heavy atom. The fourth-order valence-electron chi connectivity index (χ4n) is 2.10. The minimum Gasteiger partial charge on any atom is -0.465 e. The maximum Gasteiger partial charge on any atom is 0.195 e. The number of benzene rings is 1. The van der Waals surface area contributed by atoms with Crippen molar-refractivity contribution in [1.82, 2.24) is 9.97 Å². The molecule has 0 amide bonds. The molecule has 0 saturated carbocycles. The molecule has 3 rings (SSSR count). The van der Waals surface area contributed by atoms with E-state index < -0.39 is 6.29 Å². The number of hydrogen-bond acceptors (Lipinski definition) is 7. The lowest BCUT2D eigenvalue weighted by Crippen LogP contribution is -2.09. The Morgan fingerprint density at radius 2 is 2.27 bits per heavy atom. The molecule has 3 aromatic rings. The topological polar surface area (TPSA) is 80.4 Å². The molecular formula is C15H17N3O3S. The molecule has 0 fully saturated rings. The van der Waals surface area contributed by atoms with Gasteiger partial charge in [-0.15, -0.1) is 11.3 Å². The summed E-state index contributed by atoms with van der Waals surface area (Å²) in [6, 6.07) is 5.33. The molecule has 0 spiro atoms. The zero-order valence-corrected chi connectivity index (χ0v) is 13.2. The predicted molar refractivity (Wildman–Crippen MR) is 85.4 cm³/mol. The summed E-state index contributed by atoms with van der Waals surface area (Å²) in [6.07, 6.45) is 2.57. The van der Waals surface area contributed by atoms with Gasteiger partial charge in [0.15, 0.2) is 22.9 Å². The summed E-state index contributed by atoms with van der Waals surface area (Å²) in [5.41, 5.74) is 1.45. The molecule has 0 bridgehead atoms. The zero-order chi connectivity index (χ0) is 15.5. The van der Waals surface area contributed by atoms with Crippen LogP contribution in [0.1, 0.15) is 17.7 Å². The SMILES string of the molecule is CNc1ncc(CCc2nc3ccc(OC(C)O)cc3o2)s1. The van der Waals surface area contributed by atoms with E-state index in [4.69, 9.17) is 9.15 Å². The number of aliphatic hydroxyl groups is 1. The third kappa shape index (κ3) is 3.37. The highest BCUT2D eigenvalue weighted by molar-refractivity contribution is 7.15. The Balaban J connectivity index is 1.71. The standard InChI is InChI=1S/C15H17N3O3S/c1-9(19)20-10-3-5-12-13(7-10)21-14(18-12)6-4-11-8-17-15(16-2)22-11/h3,5,7-9,19H,4,6H2,1-2H3,(H,16,17). The van der Waals surface area contributed by atoms with Gasteiger partial charge in [0.1, 0.15) is 11.3 Å². The monoisotopic (exact) mass is 319 g/mol. The third-order valence-corrected chi connectivity index (χ3v) is 4.14. The van der Waals surface area contributed by atoms with Crippen molar-refractivity contribution in [2.45, 2.75) is 26.1 Å². The number of rotatable bonds is 6. The average molecular weight is 319 g/mol. The maximum absolute atomic E-state index is 9.24. The molecule has 1 unspecified atom stereocenters. The highest BCUT2D eigenvalue weighted by Crippen LogP contribution is 2.24. The van der Waals surface area contributed by atoms with E-state index in [1.807, 2.05) is 19.3 Å². The molecule has 0 saturated heterocycles. The largest absolute Gasteiger partial charge is 0.465 e. The Morgan fingerprint density at radius 3 is 3.00 bits per heavy atom. The van der Waals surface area contributed by atoms with E-state index in [2.05, 4.69) is 15.3 Å². The number of thiazole rings is 1. The van der Waals surface area contributed by atoms with Gasteiger partial charge >= 0.3 is 0 Å². The Labute approximate surface area is 131 Å². The van der Waals surface area contributed by atoms with E-state index >= 15 is 0 Å². The Bertz CT molecular complexity index is 766. The third-order valence-electron chi connectivity index (χ3n) is 3.06. The normalized spacial score (nSPS) is 12.5. The molecule has 6 nitrogen and oxygen atoms in total. The number of hydrogen-bond donors (Lipinski definition) is 2. The number of nitrogens with one attached hydrogen (secondary N) is 1. The predicted octanol–water partition coefficient (Wildman–Crippen LogP) is 2.83. The number of fused-ring (bicyclic) bond motifs is 1. The molecule has 1 aromatic carbocycles. The fourth-order valence-corrected chi connectivity index (χ4v) is 2.86. The van der Waals surface area contributed by atoms with Crippen molar-refractivity contribution in [2.75, 3.05) is 12.4 Å². The summed E-state index contributed by atoms with van der Waals surface area (Å²) in [7, 11) is 1.86. The van der Waals surface area contributed by atoms with Crippen LogP contribution in [0.25, 0.3) is 11.1 Å². The van der Waals surface area contributed by atoms with Crippen molar-refractivity contribution >= 4 is 27.6 Å². The molecule has 0 aliphatic heterocycles. The molecule has 2 aromatic heterocycles. The first-order chi connectivity index (χ1) is 10.6. The summed E-state index contributed by atoms with van der Waals surface area (Å²) in [5, 5.41) is 13.2. The van der Waals surface area contributed by atoms with Crippen molar-refractivity contribution in [2.24, 2.45) is 0 Å². The summed E-state index contributed by atoms with van der Waals surface area (Å²) < 4.78 is 11.0. The molecule has 1 atom stereocenters. The number of nitrogens with zero attached hydrogens (tertiary/aromatic N) is 2. The molecule has 0 aliphatic carbocycles. The van der Waals surface area contributed by atoms with Crippen LogP contribution in [0.5, 0.6) is 5.75 Å². The minimum atomic E-state index is -0.854. The molecule has 22 heavy (non-hydrogen) atoms. The molecule has 2 N–H and O–H groups in total. The van der Waals surface area contributed by atoms with Crippen LogP contribution in [-0.2, 0) is 12.8 Å². The molecule has 116 valence electrons. The molecule has 0 aliphatic rings. The summed E-state index contributed by atoms with van der Waals surface area (Å²) >= 11 is 1.63. The van der Waals surface area contributed by atoms with Crippen molar-refractivity contribution in [1.29, 1.82) is 0 Å². The van der Waals surface area contributed by atoms with Crippen LogP contribution in [-0.4, -0.2) is 28.4 Å². The highest BCUT2D eigenvalue weighted by Gasteiger charge is 2.09. The number of aliphatic hydroxyl groups excluding tert-OH is 1. The van der Waals surface area contributed by atoms with Crippen LogP contribution in [0.3, 0.4) is 0 Å². The van der Waals surface area contributed by atoms with Gasteiger partial charge in [0.2, 0.25) is 0 Å². The zero-order valence-electron chi connectivity index (χ0n) is 12.4. The van der Waals surface area contributed by atoms with E-state index in [1.165, 1.54) is 4.88 Å². The summed E-state index contributed by atoms with van der Waals surface area (Å²) in [6.45, 7) is 1.56. The van der Waals surface area contributed by atoms with Crippen molar-refractivity contribution in [3.05, 3.63) is 35.2 Å². The Kier molecular flexibility index (Phi) is 4.26. The van der Waals surface area contributed by atoms with Gasteiger partial charge in [0, 0.05) is 30.6 Å². The smallest absolute Gasteiger partial charge is 0.195 e. The quantitative estimate of drug-likeness (QED) is 0.680. The van der Waals surface area contributed by atoms with Gasteiger partial charge in [-0.05, 0) is 25.5 Å². The molecular weight excluding hydrogens is 302 g/mol. The van der Waals surface area contributed by atoms with E-state index in [1.54, 1.807) is 30.4 Å². The van der Waals surface area contributed by atoms with Crippen LogP contribution in [0.4, 0.5) is 5.13 Å².